The lowest BCUT2D eigenvalue weighted by atomic mass is 10.2. The van der Waals surface area contributed by atoms with Crippen molar-refractivity contribution in [1.29, 1.82) is 0 Å². The van der Waals surface area contributed by atoms with E-state index in [4.69, 9.17) is 0 Å². The number of rotatable bonds is 5. The molecule has 0 aliphatic heterocycles. The molecule has 1 amide bonds. The molecule has 6 nitrogen and oxygen atoms in total. The molecular formula is C15H11F2N5OS. The number of nitrogens with one attached hydrogen (secondary N) is 1. The smallest absolute Gasteiger partial charge is 0.288 e. The van der Waals surface area contributed by atoms with Gasteiger partial charge in [-0.2, -0.15) is 8.78 Å². The van der Waals surface area contributed by atoms with E-state index in [-0.39, 0.29) is 5.91 Å². The van der Waals surface area contributed by atoms with Gasteiger partial charge in [0.2, 0.25) is 0 Å². The Kier molecular flexibility index (Phi) is 4.80. The van der Waals surface area contributed by atoms with Crippen molar-refractivity contribution in [2.75, 3.05) is 5.32 Å². The van der Waals surface area contributed by atoms with Crippen LogP contribution in [0.25, 0.3) is 5.69 Å². The minimum Gasteiger partial charge on any atom is -0.322 e. The van der Waals surface area contributed by atoms with Crippen LogP contribution in [0.2, 0.25) is 0 Å². The summed E-state index contributed by atoms with van der Waals surface area (Å²) in [6.07, 6.45) is 1.46. The first-order valence-electron chi connectivity index (χ1n) is 6.81. The molecule has 1 aromatic heterocycles. The molecule has 1 heterocycles. The average molecular weight is 347 g/mol. The topological polar surface area (TPSA) is 72.7 Å². The Morgan fingerprint density at radius 2 is 1.79 bits per heavy atom. The van der Waals surface area contributed by atoms with Crippen LogP contribution in [-0.4, -0.2) is 31.9 Å². The number of thioether (sulfide) groups is 1. The predicted molar refractivity (Wildman–Crippen MR) is 85.4 cm³/mol. The molecule has 9 heteroatoms. The lowest BCUT2D eigenvalue weighted by Gasteiger charge is -2.07. The second-order valence-corrected chi connectivity index (χ2v) is 5.72. The van der Waals surface area contributed by atoms with E-state index in [1.54, 1.807) is 24.3 Å². The van der Waals surface area contributed by atoms with Crippen molar-refractivity contribution < 1.29 is 13.6 Å². The number of halogens is 2. The van der Waals surface area contributed by atoms with Crippen LogP contribution in [0.5, 0.6) is 0 Å². The van der Waals surface area contributed by atoms with Crippen molar-refractivity contribution in [2.45, 2.75) is 10.7 Å². The first kappa shape index (κ1) is 16.1. The number of hydrogen-bond donors (Lipinski definition) is 1. The van der Waals surface area contributed by atoms with Crippen LogP contribution in [0, 0.1) is 0 Å². The van der Waals surface area contributed by atoms with Crippen LogP contribution in [0.1, 0.15) is 10.4 Å². The Hall–Kier alpha value is -2.81. The van der Waals surface area contributed by atoms with Crippen molar-refractivity contribution in [3.05, 3.63) is 60.4 Å². The molecule has 3 rings (SSSR count). The van der Waals surface area contributed by atoms with E-state index in [0.717, 1.165) is 5.69 Å². The molecule has 0 spiro atoms. The number of benzene rings is 2. The summed E-state index contributed by atoms with van der Waals surface area (Å²) in [6.45, 7) is 0. The van der Waals surface area contributed by atoms with Crippen LogP contribution >= 0.6 is 11.8 Å². The van der Waals surface area contributed by atoms with Crippen molar-refractivity contribution in [3.8, 4) is 5.69 Å². The van der Waals surface area contributed by atoms with Crippen molar-refractivity contribution >= 4 is 23.4 Å². The van der Waals surface area contributed by atoms with E-state index >= 15 is 0 Å². The largest absolute Gasteiger partial charge is 0.322 e. The van der Waals surface area contributed by atoms with Crippen molar-refractivity contribution in [3.63, 3.8) is 0 Å². The minimum atomic E-state index is -2.48. The lowest BCUT2D eigenvalue weighted by Crippen LogP contribution is -2.11. The first-order chi connectivity index (χ1) is 11.6. The normalized spacial score (nSPS) is 10.8. The van der Waals surface area contributed by atoms with Gasteiger partial charge >= 0.3 is 0 Å². The highest BCUT2D eigenvalue weighted by atomic mass is 32.2. The van der Waals surface area contributed by atoms with Gasteiger partial charge in [0.1, 0.15) is 6.33 Å². The van der Waals surface area contributed by atoms with E-state index in [2.05, 4.69) is 20.8 Å². The summed E-state index contributed by atoms with van der Waals surface area (Å²) in [5.74, 6) is -2.80. The third-order valence-electron chi connectivity index (χ3n) is 3.08. The van der Waals surface area contributed by atoms with Gasteiger partial charge in [-0.3, -0.25) is 4.79 Å². The molecule has 0 aliphatic rings. The number of aromatic nitrogens is 4. The van der Waals surface area contributed by atoms with Gasteiger partial charge in [0.15, 0.2) is 0 Å². The molecule has 0 fully saturated rings. The zero-order chi connectivity index (χ0) is 16.9. The summed E-state index contributed by atoms with van der Waals surface area (Å²) in [7, 11) is 0. The summed E-state index contributed by atoms with van der Waals surface area (Å²) >= 11 is 0.440. The number of tetrazole rings is 1. The fourth-order valence-corrected chi connectivity index (χ4v) is 2.47. The van der Waals surface area contributed by atoms with Crippen LogP contribution in [0.4, 0.5) is 14.5 Å². The molecule has 0 bridgehead atoms. The second-order valence-electron chi connectivity index (χ2n) is 4.66. The molecule has 0 aliphatic carbocycles. The van der Waals surface area contributed by atoms with Gasteiger partial charge in [-0.25, -0.2) is 4.68 Å². The fourth-order valence-electron chi connectivity index (χ4n) is 1.97. The number of carbonyl (C=O) groups excluding carboxylic acids is 1. The number of hydrogen-bond acceptors (Lipinski definition) is 5. The molecule has 122 valence electrons. The number of alkyl halides is 2. The van der Waals surface area contributed by atoms with Crippen LogP contribution in [0.15, 0.2) is 59.8 Å². The molecular weight excluding hydrogens is 336 g/mol. The Morgan fingerprint density at radius 3 is 2.38 bits per heavy atom. The molecule has 2 aromatic carbocycles. The van der Waals surface area contributed by atoms with Gasteiger partial charge in [-0.15, -0.1) is 5.10 Å². The van der Waals surface area contributed by atoms with Crippen LogP contribution < -0.4 is 5.32 Å². The van der Waals surface area contributed by atoms with E-state index in [0.29, 0.717) is 27.9 Å². The van der Waals surface area contributed by atoms with Crippen molar-refractivity contribution in [2.24, 2.45) is 0 Å². The van der Waals surface area contributed by atoms with Crippen LogP contribution in [0.3, 0.4) is 0 Å². The zero-order valence-electron chi connectivity index (χ0n) is 12.1. The second kappa shape index (κ2) is 7.18. The maximum atomic E-state index is 12.3. The van der Waals surface area contributed by atoms with Crippen molar-refractivity contribution in [1.82, 2.24) is 20.2 Å². The maximum absolute atomic E-state index is 12.3. The number of carbonyl (C=O) groups is 1. The molecule has 1 N–H and O–H groups in total. The summed E-state index contributed by atoms with van der Waals surface area (Å²) in [6, 6.07) is 13.0. The van der Waals surface area contributed by atoms with Crippen LogP contribution in [-0.2, 0) is 0 Å². The highest BCUT2D eigenvalue weighted by Crippen LogP contribution is 2.25. The molecule has 0 saturated heterocycles. The zero-order valence-corrected chi connectivity index (χ0v) is 13.0. The Bertz CT molecular complexity index is 807. The van der Waals surface area contributed by atoms with E-state index < -0.39 is 5.76 Å². The molecule has 0 unspecified atom stereocenters. The minimum absolute atomic E-state index is 0.321. The number of anilines is 1. The molecule has 3 aromatic rings. The van der Waals surface area contributed by atoms with E-state index in [1.165, 1.54) is 35.3 Å². The lowest BCUT2D eigenvalue weighted by molar-refractivity contribution is 0.102. The highest BCUT2D eigenvalue weighted by Gasteiger charge is 2.09. The summed E-state index contributed by atoms with van der Waals surface area (Å²) in [5, 5.41) is 13.6. The average Bonchev–Trinajstić information content (AvgIpc) is 3.10. The quantitative estimate of drug-likeness (QED) is 0.718. The standard InChI is InChI=1S/C15H11F2N5OS/c16-15(17)24-13-7-1-10(2-8-13)14(23)19-11-3-5-12(6-4-11)22-9-18-20-21-22/h1-9,15H,(H,19,23). The van der Waals surface area contributed by atoms with Gasteiger partial charge in [-0.05, 0) is 59.0 Å². The van der Waals surface area contributed by atoms with E-state index in [1.807, 2.05) is 0 Å². The fraction of sp³-hybridized carbons (Fsp3) is 0.0667. The Morgan fingerprint density at radius 1 is 1.08 bits per heavy atom. The Balaban J connectivity index is 1.66. The molecule has 0 saturated carbocycles. The maximum Gasteiger partial charge on any atom is 0.288 e. The summed E-state index contributed by atoms with van der Waals surface area (Å²) < 4.78 is 26.0. The highest BCUT2D eigenvalue weighted by molar-refractivity contribution is 7.99. The summed E-state index contributed by atoms with van der Waals surface area (Å²) in [5.41, 5.74) is 1.74. The number of nitrogens with zero attached hydrogens (tertiary/aromatic N) is 4. The van der Waals surface area contributed by atoms with Gasteiger partial charge in [-0.1, -0.05) is 11.8 Å². The third kappa shape index (κ3) is 3.93. The van der Waals surface area contributed by atoms with Gasteiger partial charge < -0.3 is 5.32 Å². The van der Waals surface area contributed by atoms with Gasteiger partial charge in [0.05, 0.1) is 5.69 Å². The predicted octanol–water partition coefficient (Wildman–Crippen LogP) is 3.23. The number of amides is 1. The van der Waals surface area contributed by atoms with Gasteiger partial charge in [0, 0.05) is 16.1 Å². The SMILES string of the molecule is O=C(Nc1ccc(-n2cnnn2)cc1)c1ccc(SC(F)F)cc1. The summed E-state index contributed by atoms with van der Waals surface area (Å²) in [4.78, 5) is 12.6. The third-order valence-corrected chi connectivity index (χ3v) is 3.80. The van der Waals surface area contributed by atoms with E-state index in [9.17, 15) is 13.6 Å². The Labute approximate surface area is 139 Å². The molecule has 0 radical (unpaired) electrons. The molecule has 24 heavy (non-hydrogen) atoms. The first-order valence-corrected chi connectivity index (χ1v) is 7.69. The van der Waals surface area contributed by atoms with Gasteiger partial charge in [0.25, 0.3) is 11.7 Å². The monoisotopic (exact) mass is 347 g/mol. The molecule has 0 atom stereocenters.